The van der Waals surface area contributed by atoms with E-state index >= 15 is 0 Å². The molecule has 0 spiro atoms. The molecule has 21 heavy (non-hydrogen) atoms. The number of carbonyl (C=O) groups is 1. The SMILES string of the molecule is CC1CNCCN1C(=O)Cc1ccc(-n2cccn2)cc1. The Balaban J connectivity index is 1.66. The van der Waals surface area contributed by atoms with Gasteiger partial charge in [0.2, 0.25) is 5.91 Å². The quantitative estimate of drug-likeness (QED) is 0.922. The van der Waals surface area contributed by atoms with Crippen molar-refractivity contribution in [2.45, 2.75) is 19.4 Å². The lowest BCUT2D eigenvalue weighted by Crippen LogP contribution is -2.52. The largest absolute Gasteiger partial charge is 0.337 e. The fraction of sp³-hybridized carbons (Fsp3) is 0.375. The number of nitrogens with zero attached hydrogens (tertiary/aromatic N) is 3. The summed E-state index contributed by atoms with van der Waals surface area (Å²) in [5, 5.41) is 7.50. The van der Waals surface area contributed by atoms with Crippen molar-refractivity contribution in [2.75, 3.05) is 19.6 Å². The maximum absolute atomic E-state index is 12.4. The lowest BCUT2D eigenvalue weighted by atomic mass is 10.1. The van der Waals surface area contributed by atoms with Crippen molar-refractivity contribution in [3.63, 3.8) is 0 Å². The molecule has 1 fully saturated rings. The zero-order valence-corrected chi connectivity index (χ0v) is 12.2. The summed E-state index contributed by atoms with van der Waals surface area (Å²) in [7, 11) is 0. The average molecular weight is 284 g/mol. The summed E-state index contributed by atoms with van der Waals surface area (Å²) in [5.74, 6) is 0.204. The smallest absolute Gasteiger partial charge is 0.227 e. The van der Waals surface area contributed by atoms with Gasteiger partial charge in [-0.2, -0.15) is 5.10 Å². The first-order valence-corrected chi connectivity index (χ1v) is 7.33. The first kappa shape index (κ1) is 13.8. The number of hydrogen-bond donors (Lipinski definition) is 1. The molecular weight excluding hydrogens is 264 g/mol. The molecule has 1 N–H and O–H groups in total. The van der Waals surface area contributed by atoms with Crippen LogP contribution in [0.15, 0.2) is 42.7 Å². The fourth-order valence-corrected chi connectivity index (χ4v) is 2.68. The fourth-order valence-electron chi connectivity index (χ4n) is 2.68. The van der Waals surface area contributed by atoms with E-state index in [1.54, 1.807) is 6.20 Å². The lowest BCUT2D eigenvalue weighted by Gasteiger charge is -2.34. The number of piperazine rings is 1. The van der Waals surface area contributed by atoms with Crippen LogP contribution in [0.2, 0.25) is 0 Å². The van der Waals surface area contributed by atoms with E-state index in [0.29, 0.717) is 6.42 Å². The predicted molar refractivity (Wildman–Crippen MR) is 81.3 cm³/mol. The van der Waals surface area contributed by atoms with Crippen molar-refractivity contribution >= 4 is 5.91 Å². The molecule has 5 nitrogen and oxygen atoms in total. The normalized spacial score (nSPS) is 18.7. The summed E-state index contributed by atoms with van der Waals surface area (Å²) in [5.41, 5.74) is 2.05. The van der Waals surface area contributed by atoms with E-state index in [2.05, 4.69) is 17.3 Å². The molecule has 1 unspecified atom stereocenters. The highest BCUT2D eigenvalue weighted by Crippen LogP contribution is 2.11. The van der Waals surface area contributed by atoms with Crippen molar-refractivity contribution in [1.29, 1.82) is 0 Å². The molecule has 1 aliphatic heterocycles. The summed E-state index contributed by atoms with van der Waals surface area (Å²) in [6.45, 7) is 4.65. The highest BCUT2D eigenvalue weighted by atomic mass is 16.2. The van der Waals surface area contributed by atoms with Crippen LogP contribution in [-0.4, -0.2) is 46.3 Å². The Morgan fingerprint density at radius 1 is 1.38 bits per heavy atom. The summed E-state index contributed by atoms with van der Waals surface area (Å²) in [6.07, 6.45) is 4.12. The monoisotopic (exact) mass is 284 g/mol. The minimum Gasteiger partial charge on any atom is -0.337 e. The van der Waals surface area contributed by atoms with Crippen LogP contribution >= 0.6 is 0 Å². The molecule has 2 aromatic rings. The summed E-state index contributed by atoms with van der Waals surface area (Å²) < 4.78 is 1.81. The summed E-state index contributed by atoms with van der Waals surface area (Å²) in [4.78, 5) is 14.3. The third-order valence-corrected chi connectivity index (χ3v) is 3.88. The topological polar surface area (TPSA) is 50.2 Å². The van der Waals surface area contributed by atoms with E-state index < -0.39 is 0 Å². The summed E-state index contributed by atoms with van der Waals surface area (Å²) in [6, 6.07) is 10.2. The van der Waals surface area contributed by atoms with Gasteiger partial charge in [-0.1, -0.05) is 12.1 Å². The molecule has 0 saturated carbocycles. The molecule has 5 heteroatoms. The second-order valence-corrected chi connectivity index (χ2v) is 5.43. The van der Waals surface area contributed by atoms with Crippen LogP contribution in [0.25, 0.3) is 5.69 Å². The Kier molecular flexibility index (Phi) is 4.01. The highest BCUT2D eigenvalue weighted by molar-refractivity contribution is 5.79. The van der Waals surface area contributed by atoms with Gasteiger partial charge in [-0.25, -0.2) is 4.68 Å². The molecule has 2 heterocycles. The average Bonchev–Trinajstić information content (AvgIpc) is 3.02. The van der Waals surface area contributed by atoms with Gasteiger partial charge in [0.1, 0.15) is 0 Å². The van der Waals surface area contributed by atoms with Crippen LogP contribution in [0.5, 0.6) is 0 Å². The third kappa shape index (κ3) is 3.13. The molecular formula is C16H20N4O. The van der Waals surface area contributed by atoms with E-state index in [1.807, 2.05) is 46.1 Å². The third-order valence-electron chi connectivity index (χ3n) is 3.88. The minimum absolute atomic E-state index is 0.204. The second-order valence-electron chi connectivity index (χ2n) is 5.43. The second kappa shape index (κ2) is 6.10. The first-order valence-electron chi connectivity index (χ1n) is 7.33. The van der Waals surface area contributed by atoms with Gasteiger partial charge < -0.3 is 10.2 Å². The maximum Gasteiger partial charge on any atom is 0.227 e. The lowest BCUT2D eigenvalue weighted by molar-refractivity contribution is -0.133. The number of rotatable bonds is 3. The minimum atomic E-state index is 0.204. The molecule has 1 aromatic heterocycles. The number of nitrogens with one attached hydrogen (secondary N) is 1. The number of aromatic nitrogens is 2. The molecule has 1 saturated heterocycles. The Morgan fingerprint density at radius 2 is 2.19 bits per heavy atom. The number of benzene rings is 1. The van der Waals surface area contributed by atoms with Crippen molar-refractivity contribution in [2.24, 2.45) is 0 Å². The van der Waals surface area contributed by atoms with Gasteiger partial charge in [0, 0.05) is 38.1 Å². The van der Waals surface area contributed by atoms with Crippen LogP contribution in [0.3, 0.4) is 0 Å². The zero-order valence-electron chi connectivity index (χ0n) is 12.2. The van der Waals surface area contributed by atoms with Gasteiger partial charge in [-0.3, -0.25) is 4.79 Å². The molecule has 110 valence electrons. The number of hydrogen-bond acceptors (Lipinski definition) is 3. The predicted octanol–water partition coefficient (Wildman–Crippen LogP) is 1.24. The molecule has 0 aliphatic carbocycles. The zero-order chi connectivity index (χ0) is 14.7. The van der Waals surface area contributed by atoms with E-state index in [4.69, 9.17) is 0 Å². The van der Waals surface area contributed by atoms with Crippen molar-refractivity contribution < 1.29 is 4.79 Å². The number of carbonyl (C=O) groups excluding carboxylic acids is 1. The van der Waals surface area contributed by atoms with Gasteiger partial charge in [-0.15, -0.1) is 0 Å². The van der Waals surface area contributed by atoms with Crippen LogP contribution in [0, 0.1) is 0 Å². The van der Waals surface area contributed by atoms with Gasteiger partial charge in [0.25, 0.3) is 0 Å². The first-order chi connectivity index (χ1) is 10.2. The summed E-state index contributed by atoms with van der Waals surface area (Å²) >= 11 is 0. The maximum atomic E-state index is 12.4. The van der Waals surface area contributed by atoms with Gasteiger partial charge in [0.15, 0.2) is 0 Å². The Morgan fingerprint density at radius 3 is 2.86 bits per heavy atom. The molecule has 1 amide bonds. The van der Waals surface area contributed by atoms with Gasteiger partial charge in [0.05, 0.1) is 12.1 Å². The van der Waals surface area contributed by atoms with Crippen LogP contribution in [-0.2, 0) is 11.2 Å². The van der Waals surface area contributed by atoms with Gasteiger partial charge in [-0.05, 0) is 30.7 Å². The standard InChI is InChI=1S/C16H20N4O/c1-13-12-17-8-10-19(13)16(21)11-14-3-5-15(6-4-14)20-9-2-7-18-20/h2-7,9,13,17H,8,10-12H2,1H3. The van der Waals surface area contributed by atoms with Crippen molar-refractivity contribution in [3.05, 3.63) is 48.3 Å². The molecule has 0 radical (unpaired) electrons. The Labute approximate surface area is 124 Å². The molecule has 1 aliphatic rings. The highest BCUT2D eigenvalue weighted by Gasteiger charge is 2.22. The van der Waals surface area contributed by atoms with E-state index in [0.717, 1.165) is 30.9 Å². The Bertz CT molecular complexity index is 591. The van der Waals surface area contributed by atoms with Gasteiger partial charge >= 0.3 is 0 Å². The van der Waals surface area contributed by atoms with E-state index in [-0.39, 0.29) is 11.9 Å². The van der Waals surface area contributed by atoms with Crippen LogP contribution < -0.4 is 5.32 Å². The Hall–Kier alpha value is -2.14. The molecule has 1 atom stereocenters. The molecule has 1 aromatic carbocycles. The molecule has 0 bridgehead atoms. The van der Waals surface area contributed by atoms with Crippen LogP contribution in [0.1, 0.15) is 12.5 Å². The number of amides is 1. The van der Waals surface area contributed by atoms with Crippen molar-refractivity contribution in [1.82, 2.24) is 20.0 Å². The van der Waals surface area contributed by atoms with Crippen LogP contribution in [0.4, 0.5) is 0 Å². The van der Waals surface area contributed by atoms with E-state index in [9.17, 15) is 4.79 Å². The van der Waals surface area contributed by atoms with Crippen molar-refractivity contribution in [3.8, 4) is 5.69 Å². The molecule has 3 rings (SSSR count). The van der Waals surface area contributed by atoms with E-state index in [1.165, 1.54) is 0 Å².